The first-order valence-corrected chi connectivity index (χ1v) is 7.61. The predicted octanol–water partition coefficient (Wildman–Crippen LogP) is 2.18. The first kappa shape index (κ1) is 17.2. The third-order valence-corrected chi connectivity index (χ3v) is 4.32. The largest absolute Gasteiger partial charge is 0.317 e. The highest BCUT2D eigenvalue weighted by Crippen LogP contribution is 2.16. The molecule has 7 heteroatoms. The van der Waals surface area contributed by atoms with Crippen LogP contribution in [0.5, 0.6) is 0 Å². The van der Waals surface area contributed by atoms with Gasteiger partial charge < -0.3 is 10.3 Å². The molecule has 2 heterocycles. The van der Waals surface area contributed by atoms with Gasteiger partial charge in [0.25, 0.3) is 5.56 Å². The van der Waals surface area contributed by atoms with Gasteiger partial charge in [-0.1, -0.05) is 11.6 Å². The van der Waals surface area contributed by atoms with Crippen molar-refractivity contribution in [2.75, 3.05) is 20.1 Å². The van der Waals surface area contributed by atoms with E-state index in [1.54, 1.807) is 18.2 Å². The maximum Gasteiger partial charge on any atom is 0.258 e. The van der Waals surface area contributed by atoms with Gasteiger partial charge in [-0.2, -0.15) is 0 Å². The van der Waals surface area contributed by atoms with Crippen LogP contribution in [0.2, 0.25) is 5.02 Å². The summed E-state index contributed by atoms with van der Waals surface area (Å²) >= 11 is 5.92. The maximum absolute atomic E-state index is 12.1. The second-order valence-corrected chi connectivity index (χ2v) is 5.95. The summed E-state index contributed by atoms with van der Waals surface area (Å²) in [6.45, 7) is 2.73. The molecule has 1 aliphatic rings. The number of benzene rings is 1. The summed E-state index contributed by atoms with van der Waals surface area (Å²) in [6.07, 6.45) is 2.26. The van der Waals surface area contributed by atoms with E-state index in [-0.39, 0.29) is 18.0 Å². The molecule has 0 amide bonds. The van der Waals surface area contributed by atoms with Crippen LogP contribution in [-0.4, -0.2) is 41.0 Å². The Bertz CT molecular complexity index is 695. The Morgan fingerprint density at radius 3 is 2.82 bits per heavy atom. The van der Waals surface area contributed by atoms with Crippen LogP contribution in [-0.2, 0) is 6.54 Å². The van der Waals surface area contributed by atoms with E-state index in [2.05, 4.69) is 20.2 Å². The van der Waals surface area contributed by atoms with Crippen molar-refractivity contribution < 1.29 is 0 Å². The number of H-pyrrole nitrogens is 1. The molecule has 22 heavy (non-hydrogen) atoms. The lowest BCUT2D eigenvalue weighted by atomic mass is 10.1. The quantitative estimate of drug-likeness (QED) is 0.897. The minimum atomic E-state index is -0.123. The Morgan fingerprint density at radius 1 is 1.41 bits per heavy atom. The van der Waals surface area contributed by atoms with Crippen molar-refractivity contribution in [3.05, 3.63) is 39.4 Å². The molecule has 1 aliphatic heterocycles. The fourth-order valence-electron chi connectivity index (χ4n) is 2.83. The van der Waals surface area contributed by atoms with Gasteiger partial charge in [-0.05, 0) is 38.1 Å². The number of halogens is 2. The van der Waals surface area contributed by atoms with Crippen molar-refractivity contribution in [2.45, 2.75) is 25.4 Å². The van der Waals surface area contributed by atoms with Crippen molar-refractivity contribution in [1.82, 2.24) is 20.2 Å². The Balaban J connectivity index is 0.00000176. The molecule has 3 rings (SSSR count). The molecular weight excluding hydrogens is 323 g/mol. The molecule has 2 N–H and O–H groups in total. The van der Waals surface area contributed by atoms with E-state index in [1.165, 1.54) is 0 Å². The van der Waals surface area contributed by atoms with E-state index in [9.17, 15) is 4.79 Å². The summed E-state index contributed by atoms with van der Waals surface area (Å²) in [6, 6.07) is 5.82. The minimum Gasteiger partial charge on any atom is -0.317 e. The number of hydrogen-bond donors (Lipinski definition) is 2. The van der Waals surface area contributed by atoms with Crippen molar-refractivity contribution in [3.63, 3.8) is 0 Å². The second kappa shape index (κ2) is 7.42. The van der Waals surface area contributed by atoms with E-state index in [0.717, 1.165) is 31.8 Å². The smallest absolute Gasteiger partial charge is 0.258 e. The van der Waals surface area contributed by atoms with Crippen LogP contribution in [0.3, 0.4) is 0 Å². The number of likely N-dealkylation sites (tertiary alicyclic amines) is 1. The summed E-state index contributed by atoms with van der Waals surface area (Å²) in [5.41, 5.74) is 0.575. The zero-order chi connectivity index (χ0) is 14.8. The van der Waals surface area contributed by atoms with E-state index < -0.39 is 0 Å². The Hall–Kier alpha value is -1.14. The third-order valence-electron chi connectivity index (χ3n) is 4.09. The Labute approximate surface area is 140 Å². The fraction of sp³-hybridized carbons (Fsp3) is 0.467. The number of hydrogen-bond acceptors (Lipinski definition) is 4. The van der Waals surface area contributed by atoms with Gasteiger partial charge in [0.15, 0.2) is 0 Å². The number of aromatic amines is 1. The molecule has 1 aromatic carbocycles. The van der Waals surface area contributed by atoms with Crippen LogP contribution < -0.4 is 10.9 Å². The SMILES string of the molecule is CNC1CCN(Cc2nc3ccc(Cl)cc3c(=O)[nH]2)CC1.Cl. The van der Waals surface area contributed by atoms with E-state index in [0.29, 0.717) is 28.5 Å². The molecule has 0 atom stereocenters. The van der Waals surface area contributed by atoms with E-state index >= 15 is 0 Å². The average Bonchev–Trinajstić information content (AvgIpc) is 2.49. The fourth-order valence-corrected chi connectivity index (χ4v) is 3.00. The van der Waals surface area contributed by atoms with Crippen LogP contribution in [0.25, 0.3) is 10.9 Å². The molecule has 1 saturated heterocycles. The van der Waals surface area contributed by atoms with Crippen molar-refractivity contribution in [3.8, 4) is 0 Å². The molecule has 0 saturated carbocycles. The number of fused-ring (bicyclic) bond motifs is 1. The van der Waals surface area contributed by atoms with Gasteiger partial charge in [0.1, 0.15) is 5.82 Å². The molecule has 2 aromatic rings. The lowest BCUT2D eigenvalue weighted by Crippen LogP contribution is -2.41. The van der Waals surface area contributed by atoms with Crippen LogP contribution in [0.1, 0.15) is 18.7 Å². The lowest BCUT2D eigenvalue weighted by Gasteiger charge is -2.31. The van der Waals surface area contributed by atoms with Crippen LogP contribution >= 0.6 is 24.0 Å². The monoisotopic (exact) mass is 342 g/mol. The van der Waals surface area contributed by atoms with E-state index in [4.69, 9.17) is 11.6 Å². The van der Waals surface area contributed by atoms with Crippen LogP contribution in [0, 0.1) is 0 Å². The second-order valence-electron chi connectivity index (χ2n) is 5.51. The molecule has 120 valence electrons. The summed E-state index contributed by atoms with van der Waals surface area (Å²) in [5, 5.41) is 4.41. The molecule has 5 nitrogen and oxygen atoms in total. The summed E-state index contributed by atoms with van der Waals surface area (Å²) < 4.78 is 0. The van der Waals surface area contributed by atoms with Crippen molar-refractivity contribution in [2.24, 2.45) is 0 Å². The zero-order valence-corrected chi connectivity index (χ0v) is 14.0. The number of nitrogens with one attached hydrogen (secondary N) is 2. The first-order valence-electron chi connectivity index (χ1n) is 7.24. The van der Waals surface area contributed by atoms with E-state index in [1.807, 2.05) is 7.05 Å². The zero-order valence-electron chi connectivity index (χ0n) is 12.4. The highest BCUT2D eigenvalue weighted by atomic mass is 35.5. The van der Waals surface area contributed by atoms with Gasteiger partial charge in [0, 0.05) is 24.2 Å². The molecule has 0 spiro atoms. The van der Waals surface area contributed by atoms with Gasteiger partial charge in [-0.3, -0.25) is 9.69 Å². The highest BCUT2D eigenvalue weighted by Gasteiger charge is 2.18. The van der Waals surface area contributed by atoms with Crippen molar-refractivity contribution >= 4 is 34.9 Å². The maximum atomic E-state index is 12.1. The van der Waals surface area contributed by atoms with Crippen molar-refractivity contribution in [1.29, 1.82) is 0 Å². The van der Waals surface area contributed by atoms with Gasteiger partial charge in [0.2, 0.25) is 0 Å². The number of aromatic nitrogens is 2. The van der Waals surface area contributed by atoms with Gasteiger partial charge in [-0.15, -0.1) is 12.4 Å². The molecule has 1 fully saturated rings. The topological polar surface area (TPSA) is 61.0 Å². The predicted molar refractivity (Wildman–Crippen MR) is 92.0 cm³/mol. The highest BCUT2D eigenvalue weighted by molar-refractivity contribution is 6.31. The Morgan fingerprint density at radius 2 is 2.14 bits per heavy atom. The van der Waals surface area contributed by atoms with Gasteiger partial charge in [0.05, 0.1) is 17.4 Å². The summed E-state index contributed by atoms with van der Waals surface area (Å²) in [7, 11) is 2.01. The van der Waals surface area contributed by atoms with Gasteiger partial charge >= 0.3 is 0 Å². The molecule has 0 radical (unpaired) electrons. The Kier molecular flexibility index (Phi) is 5.81. The number of nitrogens with zero attached hydrogens (tertiary/aromatic N) is 2. The third kappa shape index (κ3) is 3.79. The van der Waals surface area contributed by atoms with Gasteiger partial charge in [-0.25, -0.2) is 4.98 Å². The molecule has 0 aliphatic carbocycles. The summed E-state index contributed by atoms with van der Waals surface area (Å²) in [5.74, 6) is 0.720. The minimum absolute atomic E-state index is 0. The molecule has 0 bridgehead atoms. The average molecular weight is 343 g/mol. The number of piperidine rings is 1. The number of rotatable bonds is 3. The normalized spacial score (nSPS) is 16.6. The van der Waals surface area contributed by atoms with Crippen LogP contribution in [0.15, 0.2) is 23.0 Å². The molecular formula is C15H20Cl2N4O. The standard InChI is InChI=1S/C15H19ClN4O.ClH/c1-17-11-4-6-20(7-5-11)9-14-18-13-3-2-10(16)8-12(13)15(21)19-14;/h2-3,8,11,17H,4-7,9H2,1H3,(H,18,19,21);1H. The molecule has 0 unspecified atom stereocenters. The first-order chi connectivity index (χ1) is 10.2. The summed E-state index contributed by atoms with van der Waals surface area (Å²) in [4.78, 5) is 21.8. The molecule has 1 aromatic heterocycles. The van der Waals surface area contributed by atoms with Crippen LogP contribution in [0.4, 0.5) is 0 Å². The lowest BCUT2D eigenvalue weighted by molar-refractivity contribution is 0.190.